The minimum atomic E-state index is -0.594. The third kappa shape index (κ3) is 4.11. The van der Waals surface area contributed by atoms with Gasteiger partial charge in [-0.2, -0.15) is 5.10 Å². The fraction of sp³-hybridized carbons (Fsp3) is 0.346. The Morgan fingerprint density at radius 1 is 1.20 bits per heavy atom. The van der Waals surface area contributed by atoms with E-state index in [1.165, 1.54) is 13.2 Å². The molecular formula is C26H28FN5O3. The lowest BCUT2D eigenvalue weighted by atomic mass is 9.95. The SMILES string of the molecule is COc1ccc(-c2nn3c(c2-c2ccnc4[nH]cc(C)c24)CN(C(=O)OC(C)(C)C)CC3)cc1F. The first-order valence-electron chi connectivity index (χ1n) is 11.5. The maximum atomic E-state index is 14.7. The summed E-state index contributed by atoms with van der Waals surface area (Å²) in [5.41, 5.74) is 5.10. The standard InChI is InChI=1S/C26H28FN5O3/c1-15-13-29-24-21(15)17(8-9-28-24)22-19-14-31(25(33)35-26(2,3)4)10-11-32(19)30-23(22)16-6-7-20(34-5)18(27)12-16/h6-9,12-13H,10-11,14H2,1-5H3,(H,28,29). The number of H-pyrrole nitrogens is 1. The van der Waals surface area contributed by atoms with E-state index in [4.69, 9.17) is 14.6 Å². The molecular weight excluding hydrogens is 449 g/mol. The number of amides is 1. The van der Waals surface area contributed by atoms with Crippen LogP contribution in [0.25, 0.3) is 33.4 Å². The van der Waals surface area contributed by atoms with Gasteiger partial charge in [0.15, 0.2) is 11.6 Å². The number of aryl methyl sites for hydroxylation is 1. The Morgan fingerprint density at radius 3 is 2.71 bits per heavy atom. The number of nitrogens with one attached hydrogen (secondary N) is 1. The summed E-state index contributed by atoms with van der Waals surface area (Å²) in [6.45, 7) is 8.85. The van der Waals surface area contributed by atoms with E-state index in [1.54, 1.807) is 23.2 Å². The molecule has 9 heteroatoms. The van der Waals surface area contributed by atoms with Crippen molar-refractivity contribution in [3.05, 3.63) is 53.7 Å². The van der Waals surface area contributed by atoms with Crippen LogP contribution in [-0.4, -0.2) is 50.0 Å². The Morgan fingerprint density at radius 2 is 2.00 bits per heavy atom. The third-order valence-corrected chi connectivity index (χ3v) is 6.10. The summed E-state index contributed by atoms with van der Waals surface area (Å²) in [7, 11) is 1.44. The number of carbonyl (C=O) groups excluding carboxylic acids is 1. The quantitative estimate of drug-likeness (QED) is 0.433. The molecule has 1 aliphatic rings. The fourth-order valence-electron chi connectivity index (χ4n) is 4.53. The van der Waals surface area contributed by atoms with Crippen LogP contribution in [-0.2, 0) is 17.8 Å². The van der Waals surface area contributed by atoms with Crippen molar-refractivity contribution in [2.75, 3.05) is 13.7 Å². The van der Waals surface area contributed by atoms with Crippen molar-refractivity contribution < 1.29 is 18.7 Å². The van der Waals surface area contributed by atoms with Gasteiger partial charge in [0, 0.05) is 35.5 Å². The molecule has 0 bridgehead atoms. The normalized spacial score (nSPS) is 13.7. The van der Waals surface area contributed by atoms with Gasteiger partial charge in [0.05, 0.1) is 25.9 Å². The molecule has 3 aromatic heterocycles. The molecule has 0 atom stereocenters. The minimum absolute atomic E-state index is 0.170. The summed E-state index contributed by atoms with van der Waals surface area (Å²) in [4.78, 5) is 22.2. The number of aromatic nitrogens is 4. The summed E-state index contributed by atoms with van der Waals surface area (Å²) in [6.07, 6.45) is 3.28. The molecule has 8 nitrogen and oxygen atoms in total. The van der Waals surface area contributed by atoms with Crippen molar-refractivity contribution in [1.82, 2.24) is 24.6 Å². The van der Waals surface area contributed by atoms with Crippen LogP contribution in [0.15, 0.2) is 36.7 Å². The molecule has 0 spiro atoms. The maximum Gasteiger partial charge on any atom is 0.410 e. The fourth-order valence-corrected chi connectivity index (χ4v) is 4.53. The number of fused-ring (bicyclic) bond motifs is 2. The number of nitrogens with zero attached hydrogens (tertiary/aromatic N) is 4. The molecule has 4 aromatic rings. The second kappa shape index (κ2) is 8.41. The van der Waals surface area contributed by atoms with Gasteiger partial charge in [0.2, 0.25) is 0 Å². The van der Waals surface area contributed by atoms with Crippen molar-refractivity contribution in [3.8, 4) is 28.1 Å². The molecule has 35 heavy (non-hydrogen) atoms. The Bertz CT molecular complexity index is 1430. The number of hydrogen-bond donors (Lipinski definition) is 1. The number of benzene rings is 1. The lowest BCUT2D eigenvalue weighted by Crippen LogP contribution is -2.41. The second-order valence-corrected chi connectivity index (χ2v) is 9.70. The predicted octanol–water partition coefficient (Wildman–Crippen LogP) is 5.30. The van der Waals surface area contributed by atoms with Gasteiger partial charge in [-0.15, -0.1) is 0 Å². The van der Waals surface area contributed by atoms with Gasteiger partial charge in [0.25, 0.3) is 0 Å². The van der Waals surface area contributed by atoms with E-state index in [0.717, 1.165) is 33.4 Å². The largest absolute Gasteiger partial charge is 0.494 e. The molecule has 182 valence electrons. The van der Waals surface area contributed by atoms with Crippen LogP contribution in [0.1, 0.15) is 32.0 Å². The van der Waals surface area contributed by atoms with Crippen LogP contribution < -0.4 is 4.74 Å². The highest BCUT2D eigenvalue weighted by molar-refractivity contribution is 6.00. The molecule has 5 rings (SSSR count). The van der Waals surface area contributed by atoms with Crippen molar-refractivity contribution in [1.29, 1.82) is 0 Å². The van der Waals surface area contributed by atoms with E-state index in [0.29, 0.717) is 30.9 Å². The Labute approximate surface area is 202 Å². The third-order valence-electron chi connectivity index (χ3n) is 6.10. The summed E-state index contributed by atoms with van der Waals surface area (Å²) >= 11 is 0. The van der Waals surface area contributed by atoms with Crippen molar-refractivity contribution in [3.63, 3.8) is 0 Å². The van der Waals surface area contributed by atoms with Gasteiger partial charge in [-0.3, -0.25) is 4.68 Å². The molecule has 0 radical (unpaired) electrons. The number of methoxy groups -OCH3 is 1. The first kappa shape index (κ1) is 22.9. The van der Waals surface area contributed by atoms with Crippen molar-refractivity contribution in [2.45, 2.75) is 46.4 Å². The topological polar surface area (TPSA) is 85.3 Å². The van der Waals surface area contributed by atoms with Crippen LogP contribution >= 0.6 is 0 Å². The van der Waals surface area contributed by atoms with Crippen molar-refractivity contribution >= 4 is 17.1 Å². The number of ether oxygens (including phenoxy) is 2. The molecule has 1 aliphatic heterocycles. The predicted molar refractivity (Wildman–Crippen MR) is 131 cm³/mol. The molecule has 0 aliphatic carbocycles. The average Bonchev–Trinajstić information content (AvgIpc) is 3.38. The van der Waals surface area contributed by atoms with Gasteiger partial charge < -0.3 is 19.4 Å². The van der Waals surface area contributed by atoms with Crippen LogP contribution in [0.2, 0.25) is 0 Å². The molecule has 0 fully saturated rings. The highest BCUT2D eigenvalue weighted by Gasteiger charge is 2.31. The number of rotatable bonds is 3. The number of carbonyl (C=O) groups is 1. The number of halogens is 1. The van der Waals surface area contributed by atoms with Crippen LogP contribution in [0.5, 0.6) is 5.75 Å². The van der Waals surface area contributed by atoms with E-state index in [2.05, 4.69) is 9.97 Å². The van der Waals surface area contributed by atoms with Gasteiger partial charge in [-0.1, -0.05) is 0 Å². The lowest BCUT2D eigenvalue weighted by molar-refractivity contribution is 0.0195. The average molecular weight is 478 g/mol. The number of hydrogen-bond acceptors (Lipinski definition) is 5. The monoisotopic (exact) mass is 477 g/mol. The van der Waals surface area contributed by atoms with Gasteiger partial charge in [0.1, 0.15) is 16.9 Å². The van der Waals surface area contributed by atoms with E-state index < -0.39 is 11.4 Å². The molecule has 4 heterocycles. The smallest absolute Gasteiger partial charge is 0.410 e. The first-order valence-corrected chi connectivity index (χ1v) is 11.5. The van der Waals surface area contributed by atoms with Gasteiger partial charge in [-0.25, -0.2) is 14.2 Å². The summed E-state index contributed by atoms with van der Waals surface area (Å²) in [6, 6.07) is 6.78. The first-order chi connectivity index (χ1) is 16.7. The number of pyridine rings is 1. The summed E-state index contributed by atoms with van der Waals surface area (Å²) in [5, 5.41) is 5.85. The zero-order valence-electron chi connectivity index (χ0n) is 20.5. The van der Waals surface area contributed by atoms with Crippen LogP contribution in [0.4, 0.5) is 9.18 Å². The van der Waals surface area contributed by atoms with E-state index >= 15 is 0 Å². The Hall–Kier alpha value is -3.88. The Kier molecular flexibility index (Phi) is 5.50. The van der Waals surface area contributed by atoms with E-state index in [9.17, 15) is 9.18 Å². The second-order valence-electron chi connectivity index (χ2n) is 9.70. The molecule has 0 saturated carbocycles. The number of aromatic amines is 1. The summed E-state index contributed by atoms with van der Waals surface area (Å²) < 4.78 is 27.3. The molecule has 1 aromatic carbocycles. The van der Waals surface area contributed by atoms with E-state index in [1.807, 2.05) is 44.6 Å². The highest BCUT2D eigenvalue weighted by Crippen LogP contribution is 2.41. The van der Waals surface area contributed by atoms with Gasteiger partial charge in [-0.05, 0) is 63.1 Å². The maximum absolute atomic E-state index is 14.7. The highest BCUT2D eigenvalue weighted by atomic mass is 19.1. The van der Waals surface area contributed by atoms with Crippen molar-refractivity contribution in [2.24, 2.45) is 0 Å². The molecule has 0 saturated heterocycles. The van der Waals surface area contributed by atoms with Gasteiger partial charge >= 0.3 is 6.09 Å². The molecule has 1 amide bonds. The lowest BCUT2D eigenvalue weighted by Gasteiger charge is -2.31. The van der Waals surface area contributed by atoms with Crippen LogP contribution in [0, 0.1) is 12.7 Å². The summed E-state index contributed by atoms with van der Waals surface area (Å²) in [5.74, 6) is -0.293. The Balaban J connectivity index is 1.69. The molecule has 0 unspecified atom stereocenters. The minimum Gasteiger partial charge on any atom is -0.494 e. The van der Waals surface area contributed by atoms with E-state index in [-0.39, 0.29) is 11.8 Å². The van der Waals surface area contributed by atoms with Crippen LogP contribution in [0.3, 0.4) is 0 Å². The molecule has 1 N–H and O–H groups in total. The zero-order valence-corrected chi connectivity index (χ0v) is 20.5. The zero-order chi connectivity index (χ0) is 24.9.